The maximum atomic E-state index is 11.2. The highest BCUT2D eigenvalue weighted by atomic mass is 16.5. The third-order valence-corrected chi connectivity index (χ3v) is 1.63. The van der Waals surface area contributed by atoms with Crippen LogP contribution in [0.3, 0.4) is 0 Å². The summed E-state index contributed by atoms with van der Waals surface area (Å²) < 4.78 is 4.58. The fourth-order valence-electron chi connectivity index (χ4n) is 0.999. The van der Waals surface area contributed by atoms with Gasteiger partial charge in [-0.3, -0.25) is 0 Å². The van der Waals surface area contributed by atoms with Gasteiger partial charge >= 0.3 is 5.97 Å². The molecule has 0 atom stereocenters. The van der Waals surface area contributed by atoms with Gasteiger partial charge in [-0.05, 0) is 5.56 Å². The number of carbonyl (C=O) groups is 1. The summed E-state index contributed by atoms with van der Waals surface area (Å²) in [5, 5.41) is 0. The largest absolute Gasteiger partial charge is 0.465 e. The van der Waals surface area contributed by atoms with Crippen LogP contribution in [0.1, 0.15) is 5.56 Å². The van der Waals surface area contributed by atoms with E-state index in [0.29, 0.717) is 5.57 Å². The predicted molar refractivity (Wildman–Crippen MR) is 51.0 cm³/mol. The van der Waals surface area contributed by atoms with Crippen LogP contribution in [0.15, 0.2) is 42.6 Å². The van der Waals surface area contributed by atoms with E-state index in [4.69, 9.17) is 0 Å². The second-order valence-electron chi connectivity index (χ2n) is 2.41. The molecule has 0 unspecified atom stereocenters. The lowest BCUT2D eigenvalue weighted by atomic mass is 10.1. The highest BCUT2D eigenvalue weighted by Gasteiger charge is 2.09. The summed E-state index contributed by atoms with van der Waals surface area (Å²) in [5.41, 5.74) is 3.69. The minimum absolute atomic E-state index is 0.364. The average molecular weight is 174 g/mol. The summed E-state index contributed by atoms with van der Waals surface area (Å²) in [6.07, 6.45) is 0. The summed E-state index contributed by atoms with van der Waals surface area (Å²) in [4.78, 5) is 11.2. The molecule has 1 rings (SSSR count). The number of carbonyl (C=O) groups excluding carboxylic acids is 1. The highest BCUT2D eigenvalue weighted by Crippen LogP contribution is 2.13. The highest BCUT2D eigenvalue weighted by molar-refractivity contribution is 6.15. The van der Waals surface area contributed by atoms with Gasteiger partial charge in [0.1, 0.15) is 5.57 Å². The SMILES string of the molecule is C=C=C(C(=O)OC)c1ccccc1. The molecule has 0 spiro atoms. The van der Waals surface area contributed by atoms with E-state index in [-0.39, 0.29) is 0 Å². The fourth-order valence-corrected chi connectivity index (χ4v) is 0.999. The molecule has 0 saturated carbocycles. The van der Waals surface area contributed by atoms with Gasteiger partial charge in [0.15, 0.2) is 0 Å². The Labute approximate surface area is 77.2 Å². The molecule has 0 amide bonds. The Kier molecular flexibility index (Phi) is 3.07. The Morgan fingerprint density at radius 1 is 1.38 bits per heavy atom. The smallest absolute Gasteiger partial charge is 0.346 e. The Morgan fingerprint density at radius 3 is 2.46 bits per heavy atom. The molecular weight excluding hydrogens is 164 g/mol. The Hall–Kier alpha value is -1.79. The molecule has 13 heavy (non-hydrogen) atoms. The summed E-state index contributed by atoms with van der Waals surface area (Å²) in [6, 6.07) is 9.18. The molecule has 0 saturated heterocycles. The number of hydrogen-bond acceptors (Lipinski definition) is 2. The zero-order valence-corrected chi connectivity index (χ0v) is 7.41. The molecule has 0 radical (unpaired) electrons. The summed E-state index contributed by atoms with van der Waals surface area (Å²) in [6.45, 7) is 3.44. The van der Waals surface area contributed by atoms with Crippen molar-refractivity contribution in [3.05, 3.63) is 48.2 Å². The number of hydrogen-bond donors (Lipinski definition) is 0. The number of methoxy groups -OCH3 is 1. The molecule has 0 aliphatic rings. The van der Waals surface area contributed by atoms with Crippen LogP contribution in [0.4, 0.5) is 0 Å². The summed E-state index contributed by atoms with van der Waals surface area (Å²) in [7, 11) is 1.34. The molecule has 1 aromatic carbocycles. The third-order valence-electron chi connectivity index (χ3n) is 1.63. The van der Waals surface area contributed by atoms with Crippen molar-refractivity contribution in [1.82, 2.24) is 0 Å². The van der Waals surface area contributed by atoms with Gasteiger partial charge in [0.2, 0.25) is 0 Å². The normalized spacial score (nSPS) is 8.69. The van der Waals surface area contributed by atoms with E-state index in [9.17, 15) is 4.79 Å². The van der Waals surface area contributed by atoms with Crippen LogP contribution in [0.2, 0.25) is 0 Å². The monoisotopic (exact) mass is 174 g/mol. The molecule has 0 aliphatic carbocycles. The van der Waals surface area contributed by atoms with Crippen molar-refractivity contribution in [3.8, 4) is 0 Å². The first-order chi connectivity index (χ1) is 6.29. The molecule has 2 nitrogen and oxygen atoms in total. The predicted octanol–water partition coefficient (Wildman–Crippen LogP) is 2.03. The standard InChI is InChI=1S/C11H10O2/c1-3-10(11(12)13-2)9-7-5-4-6-8-9/h4-8H,1H2,2H3. The van der Waals surface area contributed by atoms with Gasteiger partial charge in [-0.15, -0.1) is 5.73 Å². The van der Waals surface area contributed by atoms with Crippen molar-refractivity contribution >= 4 is 11.5 Å². The molecule has 0 N–H and O–H groups in total. The molecule has 0 aliphatic heterocycles. The third kappa shape index (κ3) is 2.08. The zero-order valence-electron chi connectivity index (χ0n) is 7.41. The molecular formula is C11H10O2. The lowest BCUT2D eigenvalue weighted by molar-refractivity contribution is -0.133. The lowest BCUT2D eigenvalue weighted by Gasteiger charge is -2.01. The van der Waals surface area contributed by atoms with Crippen LogP contribution in [0.25, 0.3) is 5.57 Å². The van der Waals surface area contributed by atoms with Crippen molar-refractivity contribution in [2.45, 2.75) is 0 Å². The van der Waals surface area contributed by atoms with E-state index in [1.807, 2.05) is 30.3 Å². The minimum atomic E-state index is -0.416. The molecule has 0 fully saturated rings. The number of ether oxygens (including phenoxy) is 1. The van der Waals surface area contributed by atoms with Crippen LogP contribution < -0.4 is 0 Å². The molecule has 0 bridgehead atoms. The number of benzene rings is 1. The Morgan fingerprint density at radius 2 is 2.00 bits per heavy atom. The van der Waals surface area contributed by atoms with Crippen LogP contribution in [0.5, 0.6) is 0 Å². The quantitative estimate of drug-likeness (QED) is 0.389. The van der Waals surface area contributed by atoms with E-state index in [1.54, 1.807) is 0 Å². The Bertz CT molecular complexity index is 346. The van der Waals surface area contributed by atoms with Crippen molar-refractivity contribution in [2.75, 3.05) is 7.11 Å². The molecule has 1 aromatic rings. The second kappa shape index (κ2) is 4.29. The maximum absolute atomic E-state index is 11.2. The molecule has 66 valence electrons. The topological polar surface area (TPSA) is 26.3 Å². The van der Waals surface area contributed by atoms with Gasteiger partial charge in [-0.1, -0.05) is 36.9 Å². The first-order valence-electron chi connectivity index (χ1n) is 3.83. The van der Waals surface area contributed by atoms with E-state index >= 15 is 0 Å². The van der Waals surface area contributed by atoms with Crippen LogP contribution in [0, 0.1) is 0 Å². The van der Waals surface area contributed by atoms with Gasteiger partial charge in [0, 0.05) is 0 Å². The van der Waals surface area contributed by atoms with Gasteiger partial charge in [-0.25, -0.2) is 4.79 Å². The van der Waals surface area contributed by atoms with Crippen LogP contribution >= 0.6 is 0 Å². The van der Waals surface area contributed by atoms with Gasteiger partial charge < -0.3 is 4.74 Å². The van der Waals surface area contributed by atoms with Gasteiger partial charge in [0.05, 0.1) is 7.11 Å². The van der Waals surface area contributed by atoms with E-state index < -0.39 is 5.97 Å². The molecule has 2 heteroatoms. The maximum Gasteiger partial charge on any atom is 0.346 e. The fraction of sp³-hybridized carbons (Fsp3) is 0.0909. The van der Waals surface area contributed by atoms with Crippen LogP contribution in [-0.2, 0) is 9.53 Å². The van der Waals surface area contributed by atoms with Crippen LogP contribution in [-0.4, -0.2) is 13.1 Å². The summed E-state index contributed by atoms with van der Waals surface area (Å²) >= 11 is 0. The number of esters is 1. The molecule has 0 heterocycles. The summed E-state index contributed by atoms with van der Waals surface area (Å²) in [5.74, 6) is -0.416. The number of rotatable bonds is 2. The van der Waals surface area contributed by atoms with E-state index in [0.717, 1.165) is 5.56 Å². The first kappa shape index (κ1) is 9.30. The minimum Gasteiger partial charge on any atom is -0.465 e. The van der Waals surface area contributed by atoms with Crippen molar-refractivity contribution in [2.24, 2.45) is 0 Å². The second-order valence-corrected chi connectivity index (χ2v) is 2.41. The molecule has 0 aromatic heterocycles. The first-order valence-corrected chi connectivity index (χ1v) is 3.83. The average Bonchev–Trinajstić information content (AvgIpc) is 2.20. The zero-order chi connectivity index (χ0) is 9.68. The van der Waals surface area contributed by atoms with Crippen molar-refractivity contribution in [3.63, 3.8) is 0 Å². The van der Waals surface area contributed by atoms with E-state index in [2.05, 4.69) is 17.0 Å². The van der Waals surface area contributed by atoms with Crippen molar-refractivity contribution in [1.29, 1.82) is 0 Å². The van der Waals surface area contributed by atoms with Crippen molar-refractivity contribution < 1.29 is 9.53 Å². The Balaban J connectivity index is 3.07. The van der Waals surface area contributed by atoms with Gasteiger partial charge in [-0.2, -0.15) is 0 Å². The van der Waals surface area contributed by atoms with Gasteiger partial charge in [0.25, 0.3) is 0 Å². The van der Waals surface area contributed by atoms with E-state index in [1.165, 1.54) is 7.11 Å². The lowest BCUT2D eigenvalue weighted by Crippen LogP contribution is -2.02.